The van der Waals surface area contributed by atoms with E-state index >= 15 is 0 Å². The summed E-state index contributed by atoms with van der Waals surface area (Å²) < 4.78 is 15.7. The Morgan fingerprint density at radius 1 is 1.37 bits per heavy atom. The Balaban J connectivity index is 1.78. The molecule has 5 nitrogen and oxygen atoms in total. The molecule has 1 aromatic heterocycles. The fraction of sp³-hybridized carbons (Fsp3) is 0.308. The van der Waals surface area contributed by atoms with E-state index in [0.29, 0.717) is 24.2 Å². The van der Waals surface area contributed by atoms with Crippen LogP contribution in [0.2, 0.25) is 0 Å². The number of aromatic nitrogens is 3. The van der Waals surface area contributed by atoms with E-state index in [1.807, 2.05) is 10.6 Å². The van der Waals surface area contributed by atoms with Gasteiger partial charge in [0.15, 0.2) is 0 Å². The van der Waals surface area contributed by atoms with Crippen LogP contribution in [0.5, 0.6) is 0 Å². The van der Waals surface area contributed by atoms with E-state index in [0.717, 1.165) is 18.9 Å². The quantitative estimate of drug-likeness (QED) is 0.813. The molecule has 0 saturated heterocycles. The topological polar surface area (TPSA) is 57.7 Å². The largest absolute Gasteiger partial charge is 0.315 e. The Labute approximate surface area is 109 Å². The van der Waals surface area contributed by atoms with Crippen LogP contribution in [0.15, 0.2) is 24.5 Å². The summed E-state index contributed by atoms with van der Waals surface area (Å²) >= 11 is 0. The van der Waals surface area contributed by atoms with E-state index in [-0.39, 0.29) is 5.82 Å². The molecule has 19 heavy (non-hydrogen) atoms. The molecule has 0 bridgehead atoms. The third-order valence-electron chi connectivity index (χ3n) is 3.29. The Morgan fingerprint density at radius 3 is 3.11 bits per heavy atom. The average molecular weight is 257 g/mol. The van der Waals surface area contributed by atoms with Gasteiger partial charge in [0.1, 0.15) is 18.0 Å². The molecule has 1 aliphatic heterocycles. The molecule has 0 atom stereocenters. The summed E-state index contributed by atoms with van der Waals surface area (Å²) in [7, 11) is 0. The van der Waals surface area contributed by atoms with Crippen molar-refractivity contribution in [1.29, 1.82) is 5.26 Å². The number of nitriles is 1. The molecule has 0 saturated carbocycles. The summed E-state index contributed by atoms with van der Waals surface area (Å²) in [6, 6.07) is 6.48. The van der Waals surface area contributed by atoms with E-state index in [2.05, 4.69) is 15.1 Å². The van der Waals surface area contributed by atoms with Crippen molar-refractivity contribution in [1.82, 2.24) is 19.7 Å². The van der Waals surface area contributed by atoms with Crippen molar-refractivity contribution in [2.24, 2.45) is 0 Å². The van der Waals surface area contributed by atoms with Gasteiger partial charge in [-0.25, -0.2) is 4.39 Å². The van der Waals surface area contributed by atoms with Gasteiger partial charge in [-0.1, -0.05) is 0 Å². The Kier molecular flexibility index (Phi) is 2.97. The molecule has 0 fully saturated rings. The van der Waals surface area contributed by atoms with Crippen molar-refractivity contribution in [2.45, 2.75) is 19.6 Å². The molecule has 1 aliphatic rings. The minimum atomic E-state index is -0.272. The highest BCUT2D eigenvalue weighted by Gasteiger charge is 2.18. The van der Waals surface area contributed by atoms with E-state index in [1.165, 1.54) is 12.1 Å². The first-order valence-corrected chi connectivity index (χ1v) is 6.04. The van der Waals surface area contributed by atoms with Gasteiger partial charge in [0.2, 0.25) is 0 Å². The first kappa shape index (κ1) is 11.8. The van der Waals surface area contributed by atoms with Crippen LogP contribution in [-0.2, 0) is 19.6 Å². The van der Waals surface area contributed by atoms with Gasteiger partial charge in [0.25, 0.3) is 0 Å². The zero-order chi connectivity index (χ0) is 13.2. The first-order chi connectivity index (χ1) is 9.26. The highest BCUT2D eigenvalue weighted by atomic mass is 19.1. The number of benzene rings is 1. The lowest BCUT2D eigenvalue weighted by Gasteiger charge is -2.27. The Morgan fingerprint density at radius 2 is 2.26 bits per heavy atom. The molecular formula is C13H12FN5. The molecule has 3 rings (SSSR count). The number of fused-ring (bicyclic) bond motifs is 1. The van der Waals surface area contributed by atoms with Crippen LogP contribution in [0.3, 0.4) is 0 Å². The van der Waals surface area contributed by atoms with E-state index in [9.17, 15) is 4.39 Å². The third kappa shape index (κ3) is 2.33. The monoisotopic (exact) mass is 257 g/mol. The van der Waals surface area contributed by atoms with Crippen molar-refractivity contribution in [2.75, 3.05) is 6.54 Å². The Hall–Kier alpha value is -2.26. The maximum Gasteiger partial charge on any atom is 0.147 e. The van der Waals surface area contributed by atoms with Gasteiger partial charge in [0.05, 0.1) is 18.2 Å². The van der Waals surface area contributed by atoms with Gasteiger partial charge in [-0.2, -0.15) is 5.26 Å². The standard InChI is InChI=1S/C13H12FN5/c14-12-2-1-10(6-15)5-11(12)7-18-3-4-19-9-16-17-13(19)8-18/h1-2,5,9H,3-4,7-8H2. The maximum atomic E-state index is 13.7. The van der Waals surface area contributed by atoms with Crippen LogP contribution in [0.4, 0.5) is 4.39 Å². The van der Waals surface area contributed by atoms with Crippen LogP contribution >= 0.6 is 0 Å². The van der Waals surface area contributed by atoms with E-state index in [4.69, 9.17) is 5.26 Å². The molecule has 0 unspecified atom stereocenters. The van der Waals surface area contributed by atoms with Crippen molar-refractivity contribution >= 4 is 0 Å². The second-order valence-corrected chi connectivity index (χ2v) is 4.57. The van der Waals surface area contributed by atoms with Crippen LogP contribution in [0.1, 0.15) is 17.0 Å². The lowest BCUT2D eigenvalue weighted by molar-refractivity contribution is 0.206. The van der Waals surface area contributed by atoms with Gasteiger partial charge in [0, 0.05) is 25.2 Å². The van der Waals surface area contributed by atoms with E-state index < -0.39 is 0 Å². The molecule has 0 aliphatic carbocycles. The first-order valence-electron chi connectivity index (χ1n) is 6.04. The Bertz CT molecular complexity index is 643. The molecule has 2 aromatic rings. The fourth-order valence-corrected chi connectivity index (χ4v) is 2.26. The third-order valence-corrected chi connectivity index (χ3v) is 3.29. The molecule has 0 spiro atoms. The zero-order valence-corrected chi connectivity index (χ0v) is 10.3. The lowest BCUT2D eigenvalue weighted by Crippen LogP contribution is -2.33. The van der Waals surface area contributed by atoms with Gasteiger partial charge in [-0.3, -0.25) is 4.90 Å². The SMILES string of the molecule is N#Cc1ccc(F)c(CN2CCn3cnnc3C2)c1. The number of halogens is 1. The normalized spacial score (nSPS) is 14.9. The molecule has 0 N–H and O–H groups in total. The molecule has 6 heteroatoms. The average Bonchev–Trinajstić information content (AvgIpc) is 2.89. The van der Waals surface area contributed by atoms with Crippen molar-refractivity contribution in [3.63, 3.8) is 0 Å². The predicted molar refractivity (Wildman–Crippen MR) is 65.3 cm³/mol. The summed E-state index contributed by atoms with van der Waals surface area (Å²) in [6.45, 7) is 2.76. The van der Waals surface area contributed by atoms with Crippen molar-refractivity contribution in [3.05, 3.63) is 47.3 Å². The fourth-order valence-electron chi connectivity index (χ4n) is 2.26. The number of nitrogens with zero attached hydrogens (tertiary/aromatic N) is 5. The van der Waals surface area contributed by atoms with Gasteiger partial charge in [-0.15, -0.1) is 10.2 Å². The van der Waals surface area contributed by atoms with Crippen molar-refractivity contribution < 1.29 is 4.39 Å². The molecule has 0 amide bonds. The van der Waals surface area contributed by atoms with Crippen LogP contribution in [0, 0.1) is 17.1 Å². The summed E-state index contributed by atoms with van der Waals surface area (Å²) in [5, 5.41) is 16.7. The summed E-state index contributed by atoms with van der Waals surface area (Å²) in [6.07, 6.45) is 1.71. The van der Waals surface area contributed by atoms with E-state index in [1.54, 1.807) is 12.4 Å². The lowest BCUT2D eigenvalue weighted by atomic mass is 10.1. The van der Waals surface area contributed by atoms with Crippen LogP contribution in [-0.4, -0.2) is 26.2 Å². The van der Waals surface area contributed by atoms with Gasteiger partial charge < -0.3 is 4.57 Å². The number of hydrogen-bond acceptors (Lipinski definition) is 4. The molecular weight excluding hydrogens is 245 g/mol. The second kappa shape index (κ2) is 4.78. The molecule has 1 aromatic carbocycles. The number of hydrogen-bond donors (Lipinski definition) is 0. The zero-order valence-electron chi connectivity index (χ0n) is 10.3. The maximum absolute atomic E-state index is 13.7. The second-order valence-electron chi connectivity index (χ2n) is 4.57. The van der Waals surface area contributed by atoms with Gasteiger partial charge >= 0.3 is 0 Å². The predicted octanol–water partition coefficient (Wildman–Crippen LogP) is 1.30. The van der Waals surface area contributed by atoms with Crippen LogP contribution in [0.25, 0.3) is 0 Å². The smallest absolute Gasteiger partial charge is 0.147 e. The van der Waals surface area contributed by atoms with Gasteiger partial charge in [-0.05, 0) is 18.2 Å². The molecule has 96 valence electrons. The summed E-state index contributed by atoms with van der Waals surface area (Å²) in [5.74, 6) is 0.620. The van der Waals surface area contributed by atoms with Crippen LogP contribution < -0.4 is 0 Å². The molecule has 0 radical (unpaired) electrons. The summed E-state index contributed by atoms with van der Waals surface area (Å²) in [5.41, 5.74) is 1.03. The minimum absolute atomic E-state index is 0.272. The highest BCUT2D eigenvalue weighted by molar-refractivity contribution is 5.33. The van der Waals surface area contributed by atoms with Crippen molar-refractivity contribution in [3.8, 4) is 6.07 Å². The summed E-state index contributed by atoms with van der Waals surface area (Å²) in [4.78, 5) is 2.10. The minimum Gasteiger partial charge on any atom is -0.315 e. The number of rotatable bonds is 2. The highest BCUT2D eigenvalue weighted by Crippen LogP contribution is 2.16. The molecule has 2 heterocycles.